The van der Waals surface area contributed by atoms with E-state index in [9.17, 15) is 0 Å². The maximum atomic E-state index is 8.40. The van der Waals surface area contributed by atoms with Crippen molar-refractivity contribution < 1.29 is 5.11 Å². The number of nitrogens with one attached hydrogen (secondary N) is 1. The van der Waals surface area contributed by atoms with Crippen molar-refractivity contribution >= 4 is 0 Å². The van der Waals surface area contributed by atoms with Crippen molar-refractivity contribution in [2.24, 2.45) is 5.92 Å². The molecule has 9 heavy (non-hydrogen) atoms. The third kappa shape index (κ3) is 5.80. The van der Waals surface area contributed by atoms with Crippen molar-refractivity contribution in [2.75, 3.05) is 13.2 Å². The Balaban J connectivity index is 2.88. The molecule has 0 saturated carbocycles. The predicted molar refractivity (Wildman–Crippen MR) is 38.1 cm³/mol. The molecule has 1 atom stereocenters. The summed E-state index contributed by atoms with van der Waals surface area (Å²) in [6, 6.07) is 0. The van der Waals surface area contributed by atoms with Crippen molar-refractivity contribution in [3.63, 3.8) is 0 Å². The van der Waals surface area contributed by atoms with Crippen LogP contribution in [0.4, 0.5) is 0 Å². The molecule has 2 nitrogen and oxygen atoms in total. The second kappa shape index (κ2) is 6.05. The summed E-state index contributed by atoms with van der Waals surface area (Å²) in [4.78, 5) is 0. The maximum Gasteiger partial charge on any atom is 0.0431 e. The molecule has 2 heteroatoms. The number of rotatable bonds is 5. The van der Waals surface area contributed by atoms with Gasteiger partial charge in [0.1, 0.15) is 0 Å². The molecule has 0 amide bonds. The number of aliphatic hydroxyl groups excluding tert-OH is 1. The van der Waals surface area contributed by atoms with E-state index in [0.717, 1.165) is 19.3 Å². The van der Waals surface area contributed by atoms with E-state index in [1.54, 1.807) is 0 Å². The van der Waals surface area contributed by atoms with Crippen LogP contribution >= 0.6 is 0 Å². The standard InChI is InChI=1S/C7H16NO/c1-7(6-8)4-2-3-5-9/h7-9H,2-6H2,1H3. The lowest BCUT2D eigenvalue weighted by Crippen LogP contribution is -2.01. The van der Waals surface area contributed by atoms with Crippen molar-refractivity contribution in [3.8, 4) is 0 Å². The molecule has 0 fully saturated rings. The van der Waals surface area contributed by atoms with E-state index in [0.29, 0.717) is 19.1 Å². The van der Waals surface area contributed by atoms with Crippen LogP contribution < -0.4 is 5.73 Å². The summed E-state index contributed by atoms with van der Waals surface area (Å²) >= 11 is 0. The molecular formula is C7H16NO. The van der Waals surface area contributed by atoms with Crippen LogP contribution in [-0.2, 0) is 0 Å². The first-order valence-corrected chi connectivity index (χ1v) is 3.56. The third-order valence-corrected chi connectivity index (χ3v) is 1.45. The molecule has 1 unspecified atom stereocenters. The number of aliphatic hydroxyl groups is 1. The Bertz CT molecular complexity index is 56.9. The number of hydrogen-bond donors (Lipinski definition) is 1. The Hall–Kier alpha value is -0.0800. The van der Waals surface area contributed by atoms with E-state index in [-0.39, 0.29) is 0 Å². The highest BCUT2D eigenvalue weighted by Gasteiger charge is 1.96. The van der Waals surface area contributed by atoms with E-state index in [4.69, 9.17) is 10.8 Å². The topological polar surface area (TPSA) is 44.0 Å². The van der Waals surface area contributed by atoms with Crippen LogP contribution in [0, 0.1) is 5.92 Å². The van der Waals surface area contributed by atoms with Gasteiger partial charge < -0.3 is 5.11 Å². The summed E-state index contributed by atoms with van der Waals surface area (Å²) in [6.07, 6.45) is 3.05. The van der Waals surface area contributed by atoms with Gasteiger partial charge in [0.05, 0.1) is 0 Å². The highest BCUT2D eigenvalue weighted by atomic mass is 16.2. The van der Waals surface area contributed by atoms with Gasteiger partial charge in [-0.15, -0.1) is 0 Å². The van der Waals surface area contributed by atoms with Crippen LogP contribution in [-0.4, -0.2) is 18.3 Å². The van der Waals surface area contributed by atoms with Crippen molar-refractivity contribution in [3.05, 3.63) is 0 Å². The Morgan fingerprint density at radius 1 is 1.44 bits per heavy atom. The minimum atomic E-state index is 0.296. The molecule has 0 heterocycles. The molecule has 0 aliphatic rings. The van der Waals surface area contributed by atoms with Gasteiger partial charge in [-0.05, 0) is 18.8 Å². The highest BCUT2D eigenvalue weighted by Crippen LogP contribution is 2.04. The van der Waals surface area contributed by atoms with Gasteiger partial charge in [-0.3, -0.25) is 5.73 Å². The Kier molecular flexibility index (Phi) is 5.99. The van der Waals surface area contributed by atoms with Crippen molar-refractivity contribution in [1.82, 2.24) is 5.73 Å². The zero-order valence-corrected chi connectivity index (χ0v) is 6.06. The molecule has 1 radical (unpaired) electrons. The fraction of sp³-hybridized carbons (Fsp3) is 1.00. The van der Waals surface area contributed by atoms with Gasteiger partial charge in [0.25, 0.3) is 0 Å². The molecule has 55 valence electrons. The molecule has 0 saturated heterocycles. The van der Waals surface area contributed by atoms with Crippen LogP contribution in [0.25, 0.3) is 0 Å². The molecular weight excluding hydrogens is 114 g/mol. The molecule has 0 aliphatic heterocycles. The summed E-state index contributed by atoms with van der Waals surface area (Å²) < 4.78 is 0. The smallest absolute Gasteiger partial charge is 0.0431 e. The summed E-state index contributed by atoms with van der Waals surface area (Å²) in [6.45, 7) is 2.89. The molecule has 0 aliphatic carbocycles. The summed E-state index contributed by atoms with van der Waals surface area (Å²) in [5.41, 5.74) is 6.98. The van der Waals surface area contributed by atoms with E-state index in [1.807, 2.05) is 0 Å². The maximum absolute atomic E-state index is 8.40. The Morgan fingerprint density at radius 2 is 2.11 bits per heavy atom. The van der Waals surface area contributed by atoms with Crippen LogP contribution in [0.3, 0.4) is 0 Å². The molecule has 0 aromatic carbocycles. The Morgan fingerprint density at radius 3 is 2.56 bits per heavy atom. The van der Waals surface area contributed by atoms with Gasteiger partial charge in [-0.1, -0.05) is 13.3 Å². The monoisotopic (exact) mass is 130 g/mol. The molecule has 0 rings (SSSR count). The van der Waals surface area contributed by atoms with E-state index >= 15 is 0 Å². The summed E-state index contributed by atoms with van der Waals surface area (Å²) in [7, 11) is 0. The molecule has 0 aromatic rings. The zero-order chi connectivity index (χ0) is 7.11. The van der Waals surface area contributed by atoms with E-state index in [1.165, 1.54) is 0 Å². The van der Waals surface area contributed by atoms with Crippen LogP contribution in [0.2, 0.25) is 0 Å². The number of hydrogen-bond acceptors (Lipinski definition) is 1. The lowest BCUT2D eigenvalue weighted by Gasteiger charge is -2.04. The second-order valence-electron chi connectivity index (χ2n) is 2.53. The molecule has 0 bridgehead atoms. The normalized spacial score (nSPS) is 13.7. The van der Waals surface area contributed by atoms with E-state index < -0.39 is 0 Å². The minimum Gasteiger partial charge on any atom is -0.396 e. The third-order valence-electron chi connectivity index (χ3n) is 1.45. The van der Waals surface area contributed by atoms with Crippen LogP contribution in [0.15, 0.2) is 0 Å². The molecule has 0 spiro atoms. The van der Waals surface area contributed by atoms with Gasteiger partial charge in [0.2, 0.25) is 0 Å². The first-order valence-electron chi connectivity index (χ1n) is 3.56. The van der Waals surface area contributed by atoms with Crippen LogP contribution in [0.5, 0.6) is 0 Å². The SMILES string of the molecule is CC(C[NH])CCCCO. The van der Waals surface area contributed by atoms with E-state index in [2.05, 4.69) is 6.92 Å². The lowest BCUT2D eigenvalue weighted by molar-refractivity contribution is 0.279. The average Bonchev–Trinajstić information content (AvgIpc) is 1.89. The van der Waals surface area contributed by atoms with Gasteiger partial charge >= 0.3 is 0 Å². The van der Waals surface area contributed by atoms with Crippen LogP contribution in [0.1, 0.15) is 26.2 Å². The minimum absolute atomic E-state index is 0.296. The fourth-order valence-corrected chi connectivity index (χ4v) is 0.707. The predicted octanol–water partition coefficient (Wildman–Crippen LogP) is 1.07. The molecule has 2 N–H and O–H groups in total. The van der Waals surface area contributed by atoms with Gasteiger partial charge in [0.15, 0.2) is 0 Å². The second-order valence-corrected chi connectivity index (χ2v) is 2.53. The average molecular weight is 130 g/mol. The van der Waals surface area contributed by atoms with Gasteiger partial charge in [-0.2, -0.15) is 0 Å². The van der Waals surface area contributed by atoms with Gasteiger partial charge in [0, 0.05) is 13.2 Å². The number of unbranched alkanes of at least 4 members (excludes halogenated alkanes) is 1. The Labute approximate surface area is 57.1 Å². The summed E-state index contributed by atoms with van der Waals surface area (Å²) in [5, 5.41) is 8.40. The zero-order valence-electron chi connectivity index (χ0n) is 6.06. The quantitative estimate of drug-likeness (QED) is 0.556. The van der Waals surface area contributed by atoms with Gasteiger partial charge in [-0.25, -0.2) is 0 Å². The highest BCUT2D eigenvalue weighted by molar-refractivity contribution is 4.51. The first kappa shape index (κ1) is 8.92. The largest absolute Gasteiger partial charge is 0.396 e. The first-order chi connectivity index (χ1) is 4.31. The van der Waals surface area contributed by atoms with Crippen molar-refractivity contribution in [1.29, 1.82) is 0 Å². The molecule has 0 aromatic heterocycles. The summed E-state index contributed by atoms with van der Waals surface area (Å²) in [5.74, 6) is 0.511. The lowest BCUT2D eigenvalue weighted by atomic mass is 10.1. The van der Waals surface area contributed by atoms with Crippen molar-refractivity contribution in [2.45, 2.75) is 26.2 Å². The fourth-order valence-electron chi connectivity index (χ4n) is 0.707.